The van der Waals surface area contributed by atoms with Crippen LogP contribution in [0.1, 0.15) is 47.0 Å². The zero-order chi connectivity index (χ0) is 16.3. The third-order valence-corrected chi connectivity index (χ3v) is 8.57. The molecule has 1 heterocycles. The number of aliphatic hydroxyl groups is 1. The fraction of sp³-hybridized carbons (Fsp3) is 1.00. The van der Waals surface area contributed by atoms with Crippen molar-refractivity contribution in [3.63, 3.8) is 0 Å². The molecule has 22 heavy (non-hydrogen) atoms. The van der Waals surface area contributed by atoms with Gasteiger partial charge in [-0.05, 0) is 36.0 Å². The summed E-state index contributed by atoms with van der Waals surface area (Å²) in [6, 6.07) is 0. The van der Waals surface area contributed by atoms with Gasteiger partial charge in [0.1, 0.15) is 5.75 Å². The van der Waals surface area contributed by atoms with Crippen molar-refractivity contribution >= 4 is 10.0 Å². The smallest absolute Gasteiger partial charge is 0.219 e. The summed E-state index contributed by atoms with van der Waals surface area (Å²) >= 11 is 0. The summed E-state index contributed by atoms with van der Waals surface area (Å²) in [5.41, 5.74) is 0.258. The third kappa shape index (κ3) is 2.34. The van der Waals surface area contributed by atoms with Crippen molar-refractivity contribution in [3.05, 3.63) is 0 Å². The van der Waals surface area contributed by atoms with E-state index in [0.29, 0.717) is 37.3 Å². The number of fused-ring (bicyclic) bond motifs is 5. The highest BCUT2D eigenvalue weighted by Gasteiger charge is 2.65. The van der Waals surface area contributed by atoms with E-state index in [1.165, 1.54) is 10.7 Å². The molecule has 5 nitrogen and oxygen atoms in total. The summed E-state index contributed by atoms with van der Waals surface area (Å²) in [5, 5.41) is 10.8. The van der Waals surface area contributed by atoms with Crippen molar-refractivity contribution in [1.29, 1.82) is 0 Å². The Bertz CT molecular complexity index is 518. The summed E-state index contributed by atoms with van der Waals surface area (Å²) in [4.78, 5) is 0. The second-order valence-electron chi connectivity index (χ2n) is 7.85. The minimum Gasteiger partial charge on any atom is -0.365 e. The Morgan fingerprint density at radius 3 is 2.32 bits per heavy atom. The van der Waals surface area contributed by atoms with E-state index in [9.17, 15) is 13.5 Å². The van der Waals surface area contributed by atoms with Gasteiger partial charge in [-0.1, -0.05) is 27.7 Å². The van der Waals surface area contributed by atoms with Crippen LogP contribution >= 0.6 is 0 Å². The minimum absolute atomic E-state index is 0.0330. The summed E-state index contributed by atoms with van der Waals surface area (Å²) in [5.74, 6) is -0.506. The van der Waals surface area contributed by atoms with Crippen LogP contribution in [0.2, 0.25) is 0 Å². The van der Waals surface area contributed by atoms with E-state index in [1.54, 1.807) is 0 Å². The number of rotatable bonds is 5. The molecule has 1 aliphatic heterocycles. The molecule has 0 spiro atoms. The zero-order valence-electron chi connectivity index (χ0n) is 14.1. The summed E-state index contributed by atoms with van der Waals surface area (Å²) in [6.45, 7) is 9.09. The second kappa shape index (κ2) is 5.16. The lowest BCUT2D eigenvalue weighted by atomic mass is 9.79. The molecule has 1 saturated heterocycles. The molecule has 2 aliphatic carbocycles. The maximum absolute atomic E-state index is 12.5. The summed E-state index contributed by atoms with van der Waals surface area (Å²) in [7, 11) is -3.48. The Morgan fingerprint density at radius 2 is 1.77 bits per heavy atom. The van der Waals surface area contributed by atoms with E-state index in [0.717, 1.165) is 6.42 Å². The van der Waals surface area contributed by atoms with Crippen LogP contribution < -0.4 is 0 Å². The van der Waals surface area contributed by atoms with Gasteiger partial charge >= 0.3 is 0 Å². The van der Waals surface area contributed by atoms with Crippen LogP contribution in [0.5, 0.6) is 0 Å². The van der Waals surface area contributed by atoms with Gasteiger partial charge in [-0.25, -0.2) is 12.7 Å². The lowest BCUT2D eigenvalue weighted by Gasteiger charge is -2.32. The molecule has 2 bridgehead atoms. The number of nitrogens with zero attached hydrogens (tertiary/aromatic N) is 1. The van der Waals surface area contributed by atoms with Crippen molar-refractivity contribution in [1.82, 2.24) is 4.31 Å². The molecule has 3 rings (SSSR count). The molecule has 3 fully saturated rings. The van der Waals surface area contributed by atoms with Gasteiger partial charge in [0.2, 0.25) is 10.0 Å². The molecular formula is C16H29NO4S. The quantitative estimate of drug-likeness (QED) is 0.834. The zero-order valence-corrected chi connectivity index (χ0v) is 14.9. The van der Waals surface area contributed by atoms with Gasteiger partial charge in [0.15, 0.2) is 5.79 Å². The number of ether oxygens (including phenoxy) is 1. The van der Waals surface area contributed by atoms with Crippen LogP contribution in [0.3, 0.4) is 0 Å². The third-order valence-electron chi connectivity index (χ3n) is 6.45. The van der Waals surface area contributed by atoms with E-state index in [4.69, 9.17) is 4.74 Å². The van der Waals surface area contributed by atoms with Crippen molar-refractivity contribution in [3.8, 4) is 0 Å². The molecule has 6 heteroatoms. The first-order valence-electron chi connectivity index (χ1n) is 8.52. The molecule has 1 N–H and O–H groups in total. The van der Waals surface area contributed by atoms with Crippen molar-refractivity contribution in [2.45, 2.75) is 58.8 Å². The Hall–Kier alpha value is -0.170. The number of sulfonamides is 1. The second-order valence-corrected chi connectivity index (χ2v) is 9.82. The van der Waals surface area contributed by atoms with Gasteiger partial charge in [0.05, 0.1) is 6.10 Å². The standard InChI is InChI=1S/C16H29NO4S/c1-5-17(6-2)22(19,20)10-16(18)9-11-12-7-8-13(14(11)21-16)15(12,3)4/h11-14,18H,5-10H2,1-4H3/t11-,12-,13-,14-,16+/m1/s1. The molecule has 0 aromatic carbocycles. The molecule has 0 unspecified atom stereocenters. The van der Waals surface area contributed by atoms with E-state index in [-0.39, 0.29) is 17.3 Å². The SMILES string of the molecule is CCN(CC)S(=O)(=O)C[C@]1(O)C[C@H]2[C@@H](O1)[C@H]1CC[C@H]2C1(C)C. The maximum atomic E-state index is 12.5. The molecule has 2 saturated carbocycles. The first-order valence-corrected chi connectivity index (χ1v) is 10.1. The van der Waals surface area contributed by atoms with Crippen molar-refractivity contribution < 1.29 is 18.3 Å². The summed E-state index contributed by atoms with van der Waals surface area (Å²) in [6.07, 6.45) is 2.81. The topological polar surface area (TPSA) is 66.8 Å². The molecule has 0 amide bonds. The first-order chi connectivity index (χ1) is 10.1. The Kier molecular flexibility index (Phi) is 3.91. The van der Waals surface area contributed by atoms with E-state index in [1.807, 2.05) is 13.8 Å². The van der Waals surface area contributed by atoms with Crippen LogP contribution in [0.15, 0.2) is 0 Å². The van der Waals surface area contributed by atoms with E-state index < -0.39 is 15.8 Å². The van der Waals surface area contributed by atoms with Gasteiger partial charge in [-0.3, -0.25) is 0 Å². The normalized spacial score (nSPS) is 43.0. The van der Waals surface area contributed by atoms with Crippen LogP contribution in [-0.4, -0.2) is 48.6 Å². The van der Waals surface area contributed by atoms with E-state index in [2.05, 4.69) is 13.8 Å². The molecule has 5 atom stereocenters. The molecule has 0 aromatic rings. The number of hydrogen-bond donors (Lipinski definition) is 1. The van der Waals surface area contributed by atoms with Gasteiger partial charge in [0, 0.05) is 19.5 Å². The molecule has 0 aromatic heterocycles. The fourth-order valence-electron chi connectivity index (χ4n) is 5.44. The Labute approximate surface area is 134 Å². The highest BCUT2D eigenvalue weighted by atomic mass is 32.2. The van der Waals surface area contributed by atoms with Crippen molar-refractivity contribution in [2.75, 3.05) is 18.8 Å². The lowest BCUT2D eigenvalue weighted by Crippen LogP contribution is -2.45. The molecule has 128 valence electrons. The lowest BCUT2D eigenvalue weighted by molar-refractivity contribution is -0.188. The van der Waals surface area contributed by atoms with Gasteiger partial charge < -0.3 is 9.84 Å². The molecule has 0 radical (unpaired) electrons. The highest BCUT2D eigenvalue weighted by molar-refractivity contribution is 7.89. The van der Waals surface area contributed by atoms with Crippen LogP contribution in [-0.2, 0) is 14.8 Å². The first kappa shape index (κ1) is 16.7. The van der Waals surface area contributed by atoms with Crippen LogP contribution in [0.4, 0.5) is 0 Å². The predicted octanol–water partition coefficient (Wildman–Crippen LogP) is 1.82. The Balaban J connectivity index is 1.76. The minimum atomic E-state index is -3.48. The fourth-order valence-corrected chi connectivity index (χ4v) is 7.17. The average molecular weight is 331 g/mol. The van der Waals surface area contributed by atoms with Gasteiger partial charge in [-0.2, -0.15) is 0 Å². The van der Waals surface area contributed by atoms with E-state index >= 15 is 0 Å². The number of hydrogen-bond acceptors (Lipinski definition) is 4. The van der Waals surface area contributed by atoms with Gasteiger partial charge in [-0.15, -0.1) is 0 Å². The highest BCUT2D eigenvalue weighted by Crippen LogP contribution is 2.65. The molecular weight excluding hydrogens is 302 g/mol. The largest absolute Gasteiger partial charge is 0.365 e. The monoisotopic (exact) mass is 331 g/mol. The van der Waals surface area contributed by atoms with Gasteiger partial charge in [0.25, 0.3) is 0 Å². The summed E-state index contributed by atoms with van der Waals surface area (Å²) < 4.78 is 32.3. The Morgan fingerprint density at radius 1 is 1.18 bits per heavy atom. The maximum Gasteiger partial charge on any atom is 0.219 e. The predicted molar refractivity (Wildman–Crippen MR) is 84.6 cm³/mol. The van der Waals surface area contributed by atoms with Crippen molar-refractivity contribution in [2.24, 2.45) is 23.2 Å². The van der Waals surface area contributed by atoms with Crippen LogP contribution in [0, 0.1) is 23.2 Å². The molecule has 3 aliphatic rings. The average Bonchev–Trinajstić information content (AvgIpc) is 2.93. The van der Waals surface area contributed by atoms with Crippen LogP contribution in [0.25, 0.3) is 0 Å².